The molecular weight excluding hydrogens is 425 g/mol. The molecule has 2 heterocycles. The van der Waals surface area contributed by atoms with Crippen molar-refractivity contribution in [3.8, 4) is 17.2 Å². The van der Waals surface area contributed by atoms with E-state index in [4.69, 9.17) is 9.47 Å². The molecule has 5 rings (SSSR count). The number of aryl methyl sites for hydroxylation is 1. The molecule has 2 aromatic heterocycles. The van der Waals surface area contributed by atoms with Crippen LogP contribution < -0.4 is 15.0 Å². The number of ether oxygens (including phenoxy) is 2. The van der Waals surface area contributed by atoms with Crippen molar-refractivity contribution in [2.24, 2.45) is 7.05 Å². The van der Waals surface area contributed by atoms with E-state index in [2.05, 4.69) is 0 Å². The molecule has 0 spiro atoms. The Labute approximate surface area is 189 Å². The summed E-state index contributed by atoms with van der Waals surface area (Å²) in [5.41, 5.74) is 0.975. The number of aromatic nitrogens is 2. The molecule has 0 aliphatic heterocycles. The Morgan fingerprint density at radius 1 is 1.06 bits per heavy atom. The first kappa shape index (κ1) is 21.1. The summed E-state index contributed by atoms with van der Waals surface area (Å²) in [6.45, 7) is 0. The lowest BCUT2D eigenvalue weighted by Crippen LogP contribution is -2.31. The maximum absolute atomic E-state index is 14.6. The monoisotopic (exact) mass is 449 g/mol. The fourth-order valence-electron chi connectivity index (χ4n) is 4.35. The summed E-state index contributed by atoms with van der Waals surface area (Å²) in [7, 11) is 6.56. The first-order valence-electron chi connectivity index (χ1n) is 10.7. The molecule has 1 amide bonds. The molecule has 170 valence electrons. The van der Waals surface area contributed by atoms with Crippen molar-refractivity contribution in [1.29, 1.82) is 0 Å². The summed E-state index contributed by atoms with van der Waals surface area (Å²) in [4.78, 5) is 28.8. The van der Waals surface area contributed by atoms with Crippen LogP contribution in [0.25, 0.3) is 27.4 Å². The number of pyridine rings is 1. The Hall–Kier alpha value is -3.81. The Balaban J connectivity index is 1.87. The molecule has 1 aliphatic carbocycles. The number of fused-ring (bicyclic) bond motifs is 2. The fraction of sp³-hybridized carbons (Fsp3) is 0.280. The molecule has 1 aliphatic rings. The predicted octanol–water partition coefficient (Wildman–Crippen LogP) is 3.87. The number of amides is 1. The van der Waals surface area contributed by atoms with Crippen LogP contribution in [-0.2, 0) is 7.05 Å². The highest BCUT2D eigenvalue weighted by atomic mass is 19.1. The second-order valence-corrected chi connectivity index (χ2v) is 8.40. The van der Waals surface area contributed by atoms with Gasteiger partial charge in [0.05, 0.1) is 36.4 Å². The topological polar surface area (TPSA) is 65.7 Å². The zero-order chi connectivity index (χ0) is 23.4. The Bertz CT molecular complexity index is 1480. The highest BCUT2D eigenvalue weighted by molar-refractivity contribution is 6.07. The summed E-state index contributed by atoms with van der Waals surface area (Å²) < 4.78 is 28.5. The van der Waals surface area contributed by atoms with Gasteiger partial charge in [-0.05, 0) is 43.2 Å². The first-order chi connectivity index (χ1) is 15.8. The van der Waals surface area contributed by atoms with Crippen molar-refractivity contribution in [3.05, 3.63) is 64.5 Å². The van der Waals surface area contributed by atoms with Crippen molar-refractivity contribution in [3.63, 3.8) is 0 Å². The third-order valence-electron chi connectivity index (χ3n) is 6.37. The van der Waals surface area contributed by atoms with Gasteiger partial charge < -0.3 is 18.9 Å². The lowest BCUT2D eigenvalue weighted by atomic mass is 10.0. The van der Waals surface area contributed by atoms with E-state index in [1.54, 1.807) is 34.8 Å². The molecule has 0 saturated heterocycles. The molecule has 0 radical (unpaired) electrons. The number of hydrogen-bond donors (Lipinski definition) is 0. The van der Waals surface area contributed by atoms with Crippen molar-refractivity contribution in [2.45, 2.75) is 18.9 Å². The normalized spacial score (nSPS) is 13.5. The Morgan fingerprint density at radius 3 is 2.36 bits per heavy atom. The molecule has 0 atom stereocenters. The third kappa shape index (κ3) is 3.33. The highest BCUT2D eigenvalue weighted by Gasteiger charge is 2.32. The van der Waals surface area contributed by atoms with Crippen LogP contribution >= 0.6 is 0 Å². The zero-order valence-electron chi connectivity index (χ0n) is 18.9. The number of carbonyl (C=O) groups is 1. The number of methoxy groups -OCH3 is 2. The number of halogens is 1. The molecule has 7 nitrogen and oxygen atoms in total. The van der Waals surface area contributed by atoms with Crippen LogP contribution in [0, 0.1) is 5.82 Å². The minimum absolute atomic E-state index is 0.183. The van der Waals surface area contributed by atoms with Crippen LogP contribution in [0.4, 0.5) is 4.39 Å². The highest BCUT2D eigenvalue weighted by Crippen LogP contribution is 2.35. The van der Waals surface area contributed by atoms with E-state index < -0.39 is 5.82 Å². The van der Waals surface area contributed by atoms with Gasteiger partial charge in [0.25, 0.3) is 11.5 Å². The predicted molar refractivity (Wildman–Crippen MR) is 124 cm³/mol. The van der Waals surface area contributed by atoms with Crippen LogP contribution in [0.1, 0.15) is 23.2 Å². The summed E-state index contributed by atoms with van der Waals surface area (Å²) in [6.07, 6.45) is 5.22. The van der Waals surface area contributed by atoms with Crippen molar-refractivity contribution in [2.75, 3.05) is 21.3 Å². The maximum Gasteiger partial charge on any atom is 0.263 e. The van der Waals surface area contributed by atoms with Crippen molar-refractivity contribution >= 4 is 27.6 Å². The zero-order valence-corrected chi connectivity index (χ0v) is 18.9. The number of nitrogens with zero attached hydrogens (tertiary/aromatic N) is 3. The van der Waals surface area contributed by atoms with Gasteiger partial charge >= 0.3 is 0 Å². The van der Waals surface area contributed by atoms with Gasteiger partial charge in [-0.2, -0.15) is 0 Å². The smallest absolute Gasteiger partial charge is 0.263 e. The Morgan fingerprint density at radius 2 is 1.73 bits per heavy atom. The number of hydrogen-bond acceptors (Lipinski definition) is 4. The third-order valence-corrected chi connectivity index (χ3v) is 6.37. The molecule has 4 aromatic rings. The number of rotatable bonds is 5. The van der Waals surface area contributed by atoms with E-state index in [1.165, 1.54) is 37.1 Å². The van der Waals surface area contributed by atoms with Crippen molar-refractivity contribution in [1.82, 2.24) is 14.0 Å². The van der Waals surface area contributed by atoms with Crippen molar-refractivity contribution < 1.29 is 18.7 Å². The lowest BCUT2D eigenvalue weighted by Gasteiger charge is -2.20. The molecule has 33 heavy (non-hydrogen) atoms. The summed E-state index contributed by atoms with van der Waals surface area (Å²) in [6, 6.07) is 7.97. The summed E-state index contributed by atoms with van der Waals surface area (Å²) in [5, 5.41) is 1.46. The number of carbonyl (C=O) groups excluding carboxylic acids is 1. The second kappa shape index (κ2) is 7.65. The van der Waals surface area contributed by atoms with Crippen LogP contribution in [0.2, 0.25) is 0 Å². The van der Waals surface area contributed by atoms with Crippen LogP contribution in [0.3, 0.4) is 0 Å². The minimum Gasteiger partial charge on any atom is -0.493 e. The SMILES string of the molecule is COc1cc2c(C(=O)N(C)C3CC3)cn(-c3cc(F)cc4c3ccn4C)c(=O)c2cc1OC. The van der Waals surface area contributed by atoms with Gasteiger partial charge in [0, 0.05) is 43.3 Å². The van der Waals surface area contributed by atoms with Gasteiger partial charge in [-0.3, -0.25) is 14.2 Å². The quantitative estimate of drug-likeness (QED) is 0.464. The molecule has 0 N–H and O–H groups in total. The van der Waals surface area contributed by atoms with Gasteiger partial charge in [-0.15, -0.1) is 0 Å². The molecule has 2 aromatic carbocycles. The summed E-state index contributed by atoms with van der Waals surface area (Å²) >= 11 is 0. The average molecular weight is 449 g/mol. The van der Waals surface area contributed by atoms with E-state index in [9.17, 15) is 14.0 Å². The number of benzene rings is 2. The van der Waals surface area contributed by atoms with Gasteiger partial charge in [0.2, 0.25) is 0 Å². The van der Waals surface area contributed by atoms with Crippen LogP contribution in [0.15, 0.2) is 47.5 Å². The van der Waals surface area contributed by atoms with Gasteiger partial charge in [0.15, 0.2) is 11.5 Å². The van der Waals surface area contributed by atoms with Gasteiger partial charge in [0.1, 0.15) is 5.82 Å². The molecule has 8 heteroatoms. The van der Waals surface area contributed by atoms with Crippen LogP contribution in [-0.4, -0.2) is 47.3 Å². The molecule has 1 fully saturated rings. The second-order valence-electron chi connectivity index (χ2n) is 8.40. The largest absolute Gasteiger partial charge is 0.493 e. The summed E-state index contributed by atoms with van der Waals surface area (Å²) in [5.74, 6) is 0.116. The van der Waals surface area contributed by atoms with E-state index in [-0.39, 0.29) is 22.9 Å². The van der Waals surface area contributed by atoms with E-state index in [0.29, 0.717) is 39.0 Å². The van der Waals surface area contributed by atoms with E-state index in [1.807, 2.05) is 13.1 Å². The fourth-order valence-corrected chi connectivity index (χ4v) is 4.35. The average Bonchev–Trinajstić information content (AvgIpc) is 3.60. The first-order valence-corrected chi connectivity index (χ1v) is 10.7. The van der Waals surface area contributed by atoms with Gasteiger partial charge in [-0.1, -0.05) is 0 Å². The van der Waals surface area contributed by atoms with E-state index >= 15 is 0 Å². The van der Waals surface area contributed by atoms with Gasteiger partial charge in [-0.25, -0.2) is 4.39 Å². The van der Waals surface area contributed by atoms with Crippen LogP contribution in [0.5, 0.6) is 11.5 Å². The minimum atomic E-state index is -0.471. The molecule has 1 saturated carbocycles. The standard InChI is InChI=1S/C25H24FN3O4/c1-27-8-7-16-20(27)9-14(26)10-21(16)29-13-19(24(30)28(2)15-5-6-15)17-11-22(32-3)23(33-4)12-18(17)25(29)31/h7-13,15H,5-6H2,1-4H3. The lowest BCUT2D eigenvalue weighted by molar-refractivity contribution is 0.0786. The molecular formula is C25H24FN3O4. The Kier molecular flexibility index (Phi) is 4.88. The van der Waals surface area contributed by atoms with E-state index in [0.717, 1.165) is 12.8 Å². The maximum atomic E-state index is 14.6. The molecule has 0 bridgehead atoms. The molecule has 0 unspecified atom stereocenters.